The fourth-order valence-corrected chi connectivity index (χ4v) is 5.14. The van der Waals surface area contributed by atoms with E-state index in [1.807, 2.05) is 0 Å². The second-order valence-corrected chi connectivity index (χ2v) is 7.84. The Morgan fingerprint density at radius 3 is 2.50 bits per heavy atom. The fraction of sp³-hybridized carbons (Fsp3) is 1.00. The van der Waals surface area contributed by atoms with E-state index in [4.69, 9.17) is 19.2 Å². The lowest BCUT2D eigenvalue weighted by Gasteiger charge is -2.60. The van der Waals surface area contributed by atoms with Gasteiger partial charge in [0.25, 0.3) is 0 Å². The van der Waals surface area contributed by atoms with Gasteiger partial charge in [0.05, 0.1) is 0 Å². The van der Waals surface area contributed by atoms with Gasteiger partial charge in [-0.25, -0.2) is 9.78 Å². The predicted octanol–water partition coefficient (Wildman–Crippen LogP) is 3.73. The van der Waals surface area contributed by atoms with Crippen molar-refractivity contribution in [2.45, 2.75) is 76.8 Å². The zero-order chi connectivity index (χ0) is 17.3. The van der Waals surface area contributed by atoms with Crippen molar-refractivity contribution in [2.24, 2.45) is 23.7 Å². The molecule has 5 aliphatic rings. The van der Waals surface area contributed by atoms with E-state index in [0.29, 0.717) is 12.3 Å². The van der Waals surface area contributed by atoms with E-state index in [2.05, 4.69) is 11.7 Å². The van der Waals surface area contributed by atoms with E-state index >= 15 is 0 Å². The first kappa shape index (κ1) is 17.0. The highest BCUT2D eigenvalue weighted by Crippen LogP contribution is 2.60. The number of halogens is 3. The van der Waals surface area contributed by atoms with Crippen LogP contribution < -0.4 is 0 Å². The molecular weight excluding hydrogens is 329 g/mol. The Kier molecular flexibility index (Phi) is 3.76. The summed E-state index contributed by atoms with van der Waals surface area (Å²) in [4.78, 5) is 11.4. The minimum atomic E-state index is -4.75. The number of hydrogen-bond acceptors (Lipinski definition) is 5. The molecule has 4 saturated heterocycles. The minimum Gasteiger partial charge on any atom is -0.320 e. The molecule has 0 aromatic rings. The average molecular weight is 352 g/mol. The molecule has 4 aliphatic heterocycles. The van der Waals surface area contributed by atoms with Crippen LogP contribution in [0.2, 0.25) is 0 Å². The van der Waals surface area contributed by atoms with Crippen molar-refractivity contribution in [3.05, 3.63) is 0 Å². The third kappa shape index (κ3) is 2.41. The molecule has 8 atom stereocenters. The van der Waals surface area contributed by atoms with Crippen LogP contribution in [0.4, 0.5) is 13.2 Å². The van der Waals surface area contributed by atoms with Crippen molar-refractivity contribution in [1.29, 1.82) is 0 Å². The Bertz CT molecular complexity index is 514. The fourth-order valence-electron chi connectivity index (χ4n) is 5.14. The van der Waals surface area contributed by atoms with Crippen LogP contribution in [0, 0.1) is 23.7 Å². The van der Waals surface area contributed by atoms with Crippen molar-refractivity contribution >= 4 is 0 Å². The molecule has 0 aromatic heterocycles. The van der Waals surface area contributed by atoms with Crippen molar-refractivity contribution in [3.8, 4) is 0 Å². The highest BCUT2D eigenvalue weighted by atomic mass is 19.4. The summed E-state index contributed by atoms with van der Waals surface area (Å²) in [7, 11) is 0. The molecule has 0 radical (unpaired) electrons. The number of ether oxygens (including phenoxy) is 3. The summed E-state index contributed by atoms with van der Waals surface area (Å²) in [5.74, 6) is -1.16. The number of hydrogen-bond donors (Lipinski definition) is 0. The van der Waals surface area contributed by atoms with Gasteiger partial charge in [0.2, 0.25) is 5.79 Å². The second kappa shape index (κ2) is 5.30. The van der Waals surface area contributed by atoms with Gasteiger partial charge in [0, 0.05) is 18.3 Å². The molecule has 5 rings (SSSR count). The molecule has 1 spiro atoms. The van der Waals surface area contributed by atoms with Crippen LogP contribution in [0.25, 0.3) is 0 Å². The van der Waals surface area contributed by atoms with Crippen LogP contribution in [-0.4, -0.2) is 30.3 Å². The first-order chi connectivity index (χ1) is 11.1. The molecule has 0 amide bonds. The van der Waals surface area contributed by atoms with Crippen molar-refractivity contribution in [3.63, 3.8) is 0 Å². The van der Waals surface area contributed by atoms with E-state index < -0.39 is 36.2 Å². The summed E-state index contributed by atoms with van der Waals surface area (Å²) in [6.07, 6.45) is -3.94. The Balaban J connectivity index is 1.72. The monoisotopic (exact) mass is 352 g/mol. The van der Waals surface area contributed by atoms with E-state index in [0.717, 1.165) is 19.3 Å². The molecule has 24 heavy (non-hydrogen) atoms. The van der Waals surface area contributed by atoms with Gasteiger partial charge in [-0.3, -0.25) is 4.74 Å². The zero-order valence-electron chi connectivity index (χ0n) is 14.0. The standard InChI is InChI=1S/C16H23F3O5/c1-8-4-5-11-9(2)12(21-16(17,18)19)20-13-15(11)10(8)6-7-14(3,22-13)23-24-15/h8-13H,4-7H2,1-3H3/t8-,9-,10+,11+,12?,13-,14-,15-/m1/s1. The number of fused-ring (bicyclic) bond motifs is 2. The molecule has 4 heterocycles. The average Bonchev–Trinajstić information content (AvgIpc) is 2.69. The minimum absolute atomic E-state index is 0.125. The lowest BCUT2D eigenvalue weighted by molar-refractivity contribution is -0.582. The van der Waals surface area contributed by atoms with Gasteiger partial charge in [-0.15, -0.1) is 13.2 Å². The smallest absolute Gasteiger partial charge is 0.320 e. The van der Waals surface area contributed by atoms with Crippen molar-refractivity contribution in [1.82, 2.24) is 0 Å². The van der Waals surface area contributed by atoms with E-state index in [1.165, 1.54) is 0 Å². The SMILES string of the molecule is C[C@@H]1CC[C@H]2[C@@H](C)C(OC(F)(F)F)O[C@@H]3O[C@@]4(C)CC[C@@H]1[C@]32OO4. The van der Waals surface area contributed by atoms with Crippen LogP contribution in [0.1, 0.15) is 46.5 Å². The highest BCUT2D eigenvalue weighted by Gasteiger charge is 2.70. The molecule has 5 nitrogen and oxygen atoms in total. The Labute approximate surface area is 138 Å². The molecule has 0 N–H and O–H groups in total. The van der Waals surface area contributed by atoms with Crippen molar-refractivity contribution in [2.75, 3.05) is 0 Å². The van der Waals surface area contributed by atoms with Gasteiger partial charge in [0.1, 0.15) is 0 Å². The van der Waals surface area contributed by atoms with Gasteiger partial charge in [-0.2, -0.15) is 0 Å². The van der Waals surface area contributed by atoms with Gasteiger partial charge < -0.3 is 9.47 Å². The predicted molar refractivity (Wildman–Crippen MR) is 74.0 cm³/mol. The summed E-state index contributed by atoms with van der Waals surface area (Å²) in [5, 5.41) is 0. The summed E-state index contributed by atoms with van der Waals surface area (Å²) >= 11 is 0. The third-order valence-electron chi connectivity index (χ3n) is 6.35. The van der Waals surface area contributed by atoms with Gasteiger partial charge in [-0.1, -0.05) is 13.8 Å². The van der Waals surface area contributed by atoms with Crippen LogP contribution in [0.3, 0.4) is 0 Å². The van der Waals surface area contributed by atoms with Crippen LogP contribution >= 0.6 is 0 Å². The Hall–Kier alpha value is -0.410. The van der Waals surface area contributed by atoms with Crippen LogP contribution in [-0.2, 0) is 24.0 Å². The molecule has 5 fully saturated rings. The van der Waals surface area contributed by atoms with Gasteiger partial charge >= 0.3 is 6.36 Å². The highest BCUT2D eigenvalue weighted by molar-refractivity contribution is 5.09. The molecule has 1 unspecified atom stereocenters. The van der Waals surface area contributed by atoms with Gasteiger partial charge in [-0.05, 0) is 38.0 Å². The number of alkyl halides is 3. The molecule has 1 saturated carbocycles. The van der Waals surface area contributed by atoms with E-state index in [-0.39, 0.29) is 11.8 Å². The number of rotatable bonds is 1. The molecule has 138 valence electrons. The first-order valence-electron chi connectivity index (χ1n) is 8.59. The Morgan fingerprint density at radius 1 is 1.04 bits per heavy atom. The van der Waals surface area contributed by atoms with E-state index in [1.54, 1.807) is 13.8 Å². The molecule has 0 aromatic carbocycles. The topological polar surface area (TPSA) is 46.2 Å². The maximum atomic E-state index is 12.8. The lowest BCUT2D eigenvalue weighted by Crippen LogP contribution is -2.70. The molecule has 2 bridgehead atoms. The first-order valence-corrected chi connectivity index (χ1v) is 8.59. The van der Waals surface area contributed by atoms with Gasteiger partial charge in [0.15, 0.2) is 18.2 Å². The molecular formula is C16H23F3O5. The third-order valence-corrected chi connectivity index (χ3v) is 6.35. The van der Waals surface area contributed by atoms with E-state index in [9.17, 15) is 13.2 Å². The maximum absolute atomic E-state index is 12.8. The normalized spacial score (nSPS) is 54.2. The largest absolute Gasteiger partial charge is 0.524 e. The Morgan fingerprint density at radius 2 is 1.79 bits per heavy atom. The lowest BCUT2D eigenvalue weighted by atomic mass is 9.58. The van der Waals surface area contributed by atoms with Crippen molar-refractivity contribution < 1.29 is 37.2 Å². The molecule has 8 heteroatoms. The summed E-state index contributed by atoms with van der Waals surface area (Å²) in [6.45, 7) is 5.61. The summed E-state index contributed by atoms with van der Waals surface area (Å²) in [5.41, 5.74) is -0.863. The zero-order valence-corrected chi connectivity index (χ0v) is 14.0. The van der Waals surface area contributed by atoms with Crippen LogP contribution in [0.5, 0.6) is 0 Å². The summed E-state index contributed by atoms with van der Waals surface area (Å²) < 4.78 is 54.1. The summed E-state index contributed by atoms with van der Waals surface area (Å²) in [6, 6.07) is 0. The quantitative estimate of drug-likeness (QED) is 0.673. The van der Waals surface area contributed by atoms with Crippen LogP contribution in [0.15, 0.2) is 0 Å². The second-order valence-electron chi connectivity index (χ2n) is 7.84. The molecule has 1 aliphatic carbocycles. The maximum Gasteiger partial charge on any atom is 0.524 e.